The first-order chi connectivity index (χ1) is 11.5. The Morgan fingerprint density at radius 3 is 2.54 bits per heavy atom. The number of benzene rings is 1. The number of rotatable bonds is 5. The molecule has 0 aliphatic carbocycles. The topological polar surface area (TPSA) is 72.3 Å². The van der Waals surface area contributed by atoms with E-state index in [1.54, 1.807) is 6.92 Å². The zero-order valence-corrected chi connectivity index (χ0v) is 14.1. The lowest BCUT2D eigenvalue weighted by Crippen LogP contribution is -3.15. The smallest absolute Gasteiger partial charge is 0.329 e. The van der Waals surface area contributed by atoms with Gasteiger partial charge < -0.3 is 19.7 Å². The minimum atomic E-state index is -1.03. The summed E-state index contributed by atoms with van der Waals surface area (Å²) in [6.07, 6.45) is 0. The van der Waals surface area contributed by atoms with Crippen molar-refractivity contribution in [1.29, 1.82) is 0 Å². The molecule has 7 heteroatoms. The number of nitrogens with one attached hydrogen (secondary N) is 2. The van der Waals surface area contributed by atoms with Crippen LogP contribution in [-0.2, 0) is 15.1 Å². The third-order valence-electron chi connectivity index (χ3n) is 4.60. The van der Waals surface area contributed by atoms with Crippen molar-refractivity contribution in [3.05, 3.63) is 29.8 Å². The van der Waals surface area contributed by atoms with E-state index in [2.05, 4.69) is 5.32 Å². The molecule has 2 saturated heterocycles. The molecule has 2 aliphatic rings. The third kappa shape index (κ3) is 3.09. The molecule has 1 aromatic rings. The van der Waals surface area contributed by atoms with Gasteiger partial charge in [0.15, 0.2) is 6.67 Å². The second-order valence-electron chi connectivity index (χ2n) is 6.27. The molecule has 1 aromatic carbocycles. The quantitative estimate of drug-likeness (QED) is 0.727. The first-order valence-electron chi connectivity index (χ1n) is 8.33. The number of quaternary nitrogens is 1. The summed E-state index contributed by atoms with van der Waals surface area (Å²) in [7, 11) is 0. The number of morpholine rings is 1. The van der Waals surface area contributed by atoms with Crippen LogP contribution in [0, 0.1) is 0 Å². The van der Waals surface area contributed by atoms with Crippen molar-refractivity contribution in [2.75, 3.05) is 39.6 Å². The monoisotopic (exact) mass is 334 g/mol. The number of carbonyl (C=O) groups excluding carboxylic acids is 2. The average molecular weight is 334 g/mol. The number of imide groups is 1. The summed E-state index contributed by atoms with van der Waals surface area (Å²) < 4.78 is 10.8. The standard InChI is InChI=1S/C17H23N3O4/c1-3-24-14-6-4-13(5-7-14)17(2)15(21)20(16(22)18-17)12-19-8-10-23-11-9-19/h4-7H,3,8-12H2,1-2H3,(H,18,22)/p+1/t17-/m0/s1. The van der Waals surface area contributed by atoms with Crippen molar-refractivity contribution in [2.24, 2.45) is 0 Å². The summed E-state index contributed by atoms with van der Waals surface area (Å²) in [5.41, 5.74) is -0.281. The molecule has 0 saturated carbocycles. The van der Waals surface area contributed by atoms with Gasteiger partial charge in [-0.25, -0.2) is 9.69 Å². The fourth-order valence-corrected chi connectivity index (χ4v) is 3.13. The molecule has 1 atom stereocenters. The van der Waals surface area contributed by atoms with Crippen LogP contribution >= 0.6 is 0 Å². The van der Waals surface area contributed by atoms with Crippen LogP contribution in [0.15, 0.2) is 24.3 Å². The van der Waals surface area contributed by atoms with E-state index in [1.165, 1.54) is 9.80 Å². The second-order valence-corrected chi connectivity index (χ2v) is 6.27. The molecule has 2 aliphatic heterocycles. The van der Waals surface area contributed by atoms with Gasteiger partial charge in [0.1, 0.15) is 24.4 Å². The van der Waals surface area contributed by atoms with E-state index >= 15 is 0 Å². The van der Waals surface area contributed by atoms with Gasteiger partial charge in [-0.3, -0.25) is 4.79 Å². The van der Waals surface area contributed by atoms with Crippen molar-refractivity contribution < 1.29 is 24.0 Å². The van der Waals surface area contributed by atoms with Crippen LogP contribution in [-0.4, -0.2) is 56.4 Å². The zero-order valence-electron chi connectivity index (χ0n) is 14.1. The number of amides is 3. The highest BCUT2D eigenvalue weighted by molar-refractivity contribution is 6.07. The SMILES string of the molecule is CCOc1ccc([C@]2(C)NC(=O)N(C[NH+]3CCOCC3)C2=O)cc1. The molecular formula is C17H24N3O4+. The van der Waals surface area contributed by atoms with Gasteiger partial charge >= 0.3 is 6.03 Å². The highest BCUT2D eigenvalue weighted by Gasteiger charge is 2.50. The third-order valence-corrected chi connectivity index (χ3v) is 4.60. The molecule has 0 aromatic heterocycles. The number of carbonyl (C=O) groups is 2. The van der Waals surface area contributed by atoms with Gasteiger partial charge in [0.05, 0.1) is 19.8 Å². The first-order valence-corrected chi connectivity index (χ1v) is 8.33. The number of nitrogens with zero attached hydrogens (tertiary/aromatic N) is 1. The van der Waals surface area contributed by atoms with Crippen LogP contribution in [0.25, 0.3) is 0 Å². The van der Waals surface area contributed by atoms with Crippen molar-refractivity contribution in [1.82, 2.24) is 10.2 Å². The summed E-state index contributed by atoms with van der Waals surface area (Å²) in [6, 6.07) is 6.96. The van der Waals surface area contributed by atoms with E-state index in [-0.39, 0.29) is 11.9 Å². The van der Waals surface area contributed by atoms with Crippen molar-refractivity contribution in [3.63, 3.8) is 0 Å². The lowest BCUT2D eigenvalue weighted by atomic mass is 9.92. The van der Waals surface area contributed by atoms with E-state index in [9.17, 15) is 9.59 Å². The van der Waals surface area contributed by atoms with Crippen LogP contribution in [0.1, 0.15) is 19.4 Å². The van der Waals surface area contributed by atoms with Crippen LogP contribution in [0.4, 0.5) is 4.79 Å². The highest BCUT2D eigenvalue weighted by Crippen LogP contribution is 2.29. The van der Waals surface area contributed by atoms with Gasteiger partial charge in [-0.05, 0) is 31.5 Å². The Labute approximate surface area is 141 Å². The molecule has 0 spiro atoms. The fourth-order valence-electron chi connectivity index (χ4n) is 3.13. The fraction of sp³-hybridized carbons (Fsp3) is 0.529. The second kappa shape index (κ2) is 6.78. The lowest BCUT2D eigenvalue weighted by Gasteiger charge is -2.27. The maximum Gasteiger partial charge on any atom is 0.329 e. The van der Waals surface area contributed by atoms with E-state index in [4.69, 9.17) is 9.47 Å². The van der Waals surface area contributed by atoms with E-state index in [0.29, 0.717) is 26.5 Å². The Morgan fingerprint density at radius 1 is 1.25 bits per heavy atom. The molecule has 2 fully saturated rings. The van der Waals surface area contributed by atoms with E-state index < -0.39 is 5.54 Å². The molecule has 2 N–H and O–H groups in total. The average Bonchev–Trinajstić information content (AvgIpc) is 2.81. The summed E-state index contributed by atoms with van der Waals surface area (Å²) in [4.78, 5) is 27.7. The van der Waals surface area contributed by atoms with Gasteiger partial charge in [-0.15, -0.1) is 0 Å². The van der Waals surface area contributed by atoms with E-state index in [0.717, 1.165) is 24.4 Å². The molecular weight excluding hydrogens is 310 g/mol. The first kappa shape index (κ1) is 16.7. The van der Waals surface area contributed by atoms with Gasteiger partial charge in [-0.2, -0.15) is 0 Å². The van der Waals surface area contributed by atoms with Gasteiger partial charge in [-0.1, -0.05) is 12.1 Å². The van der Waals surface area contributed by atoms with Gasteiger partial charge in [0.25, 0.3) is 5.91 Å². The molecule has 7 nitrogen and oxygen atoms in total. The van der Waals surface area contributed by atoms with Crippen LogP contribution < -0.4 is 15.0 Å². The molecule has 3 amide bonds. The molecule has 0 bridgehead atoms. The Morgan fingerprint density at radius 2 is 1.92 bits per heavy atom. The zero-order chi connectivity index (χ0) is 17.2. The van der Waals surface area contributed by atoms with Crippen LogP contribution in [0.2, 0.25) is 0 Å². The Balaban J connectivity index is 1.75. The van der Waals surface area contributed by atoms with Crippen LogP contribution in [0.5, 0.6) is 5.75 Å². The Kier molecular flexibility index (Phi) is 4.73. The lowest BCUT2D eigenvalue weighted by molar-refractivity contribution is -0.915. The van der Waals surface area contributed by atoms with E-state index in [1.807, 2.05) is 31.2 Å². The molecule has 24 heavy (non-hydrogen) atoms. The summed E-state index contributed by atoms with van der Waals surface area (Å²) in [5.74, 6) is 0.534. The molecule has 0 unspecified atom stereocenters. The van der Waals surface area contributed by atoms with Gasteiger partial charge in [0.2, 0.25) is 0 Å². The highest BCUT2D eigenvalue weighted by atomic mass is 16.5. The van der Waals surface area contributed by atoms with Crippen molar-refractivity contribution in [2.45, 2.75) is 19.4 Å². The number of urea groups is 1. The predicted molar refractivity (Wildman–Crippen MR) is 86.7 cm³/mol. The number of ether oxygens (including phenoxy) is 2. The summed E-state index contributed by atoms with van der Waals surface area (Å²) >= 11 is 0. The Hall–Kier alpha value is -2.12. The molecule has 130 valence electrons. The number of hydrogen-bond acceptors (Lipinski definition) is 4. The normalized spacial score (nSPS) is 25.0. The molecule has 2 heterocycles. The molecule has 0 radical (unpaired) electrons. The number of hydrogen-bond donors (Lipinski definition) is 2. The summed E-state index contributed by atoms with van der Waals surface area (Å²) in [6.45, 7) is 7.56. The predicted octanol–water partition coefficient (Wildman–Crippen LogP) is -0.275. The van der Waals surface area contributed by atoms with Crippen molar-refractivity contribution in [3.8, 4) is 5.75 Å². The maximum absolute atomic E-state index is 12.9. The van der Waals surface area contributed by atoms with Crippen LogP contribution in [0.3, 0.4) is 0 Å². The Bertz CT molecular complexity index is 613. The van der Waals surface area contributed by atoms with Gasteiger partial charge in [0, 0.05) is 0 Å². The molecule has 3 rings (SSSR count). The summed E-state index contributed by atoms with van der Waals surface area (Å²) in [5, 5.41) is 2.84. The maximum atomic E-state index is 12.9. The minimum Gasteiger partial charge on any atom is -0.494 e. The minimum absolute atomic E-state index is 0.212. The van der Waals surface area contributed by atoms with Crippen molar-refractivity contribution >= 4 is 11.9 Å². The largest absolute Gasteiger partial charge is 0.494 e.